The van der Waals surface area contributed by atoms with Crippen molar-refractivity contribution in [1.29, 1.82) is 0 Å². The summed E-state index contributed by atoms with van der Waals surface area (Å²) >= 11 is 0. The normalized spacial score (nSPS) is 12.7. The van der Waals surface area contributed by atoms with Gasteiger partial charge in [-0.3, -0.25) is 14.4 Å². The molecule has 0 N–H and O–H groups in total. The lowest BCUT2D eigenvalue weighted by molar-refractivity contribution is -0.167. The highest BCUT2D eigenvalue weighted by molar-refractivity contribution is 5.71. The van der Waals surface area contributed by atoms with Crippen molar-refractivity contribution in [3.05, 3.63) is 85.1 Å². The molecule has 0 radical (unpaired) electrons. The van der Waals surface area contributed by atoms with Crippen molar-refractivity contribution in [2.75, 3.05) is 13.2 Å². The molecule has 0 aromatic heterocycles. The first kappa shape index (κ1) is 64.6. The third-order valence-corrected chi connectivity index (χ3v) is 12.1. The summed E-state index contributed by atoms with van der Waals surface area (Å²) in [6.45, 7) is 6.48. The highest BCUT2D eigenvalue weighted by atomic mass is 16.6. The fourth-order valence-corrected chi connectivity index (χ4v) is 7.85. The Morgan fingerprint density at radius 2 is 0.574 bits per heavy atom. The first-order chi connectivity index (χ1) is 33.5. The first-order valence-electron chi connectivity index (χ1n) is 28.6. The number of carbonyl (C=O) groups is 3. The van der Waals surface area contributed by atoms with E-state index in [0.29, 0.717) is 19.3 Å². The fraction of sp³-hybridized carbons (Fsp3) is 0.726. The van der Waals surface area contributed by atoms with E-state index in [2.05, 4.69) is 106 Å². The number of carbonyl (C=O) groups excluding carboxylic acids is 3. The van der Waals surface area contributed by atoms with Crippen molar-refractivity contribution in [3.8, 4) is 0 Å². The number of unbranched alkanes of at least 4 members (excludes halogenated alkanes) is 26. The van der Waals surface area contributed by atoms with Crippen LogP contribution in [0.15, 0.2) is 85.1 Å². The standard InChI is InChI=1S/C62H106O6/c1-4-7-10-13-16-19-22-24-26-28-30-31-33-34-36-38-40-43-46-49-52-55-61(64)67-58-59(57-66-60(63)54-51-48-45-42-21-18-15-12-9-6-3)68-62(65)56-53-50-47-44-41-39-37-35-32-29-27-25-23-20-17-14-11-8-5-2/h7,10,16,19,24-27,30-31,34,36,40,43,59H,4-6,8-9,11-15,17-18,20-23,28-29,32-33,35,37-39,41-42,44-58H2,1-3H3/b10-7-,19-16-,26-24-,27-25-,31-30-,36-34-,43-40-. The number of allylic oxidation sites excluding steroid dienone is 14. The summed E-state index contributed by atoms with van der Waals surface area (Å²) in [7, 11) is 0. The Bertz CT molecular complexity index is 1320. The van der Waals surface area contributed by atoms with Crippen LogP contribution in [0.1, 0.15) is 271 Å². The Hall–Kier alpha value is -3.41. The molecule has 0 rings (SSSR count). The summed E-state index contributed by atoms with van der Waals surface area (Å²) in [4.78, 5) is 38.1. The van der Waals surface area contributed by atoms with Gasteiger partial charge in [0.25, 0.3) is 0 Å². The van der Waals surface area contributed by atoms with E-state index in [9.17, 15) is 14.4 Å². The molecular formula is C62H106O6. The predicted molar refractivity (Wildman–Crippen MR) is 293 cm³/mol. The van der Waals surface area contributed by atoms with Crippen LogP contribution in [0.4, 0.5) is 0 Å². The average molecular weight is 948 g/mol. The summed E-state index contributed by atoms with van der Waals surface area (Å²) in [5.41, 5.74) is 0. The van der Waals surface area contributed by atoms with Crippen molar-refractivity contribution in [3.63, 3.8) is 0 Å². The van der Waals surface area contributed by atoms with Crippen molar-refractivity contribution in [2.45, 2.75) is 277 Å². The van der Waals surface area contributed by atoms with Gasteiger partial charge in [0.15, 0.2) is 6.10 Å². The maximum Gasteiger partial charge on any atom is 0.306 e. The minimum atomic E-state index is -0.794. The van der Waals surface area contributed by atoms with Gasteiger partial charge >= 0.3 is 17.9 Å². The van der Waals surface area contributed by atoms with Crippen molar-refractivity contribution in [1.82, 2.24) is 0 Å². The molecule has 0 aliphatic heterocycles. The Balaban J connectivity index is 4.39. The average Bonchev–Trinajstić information content (AvgIpc) is 3.34. The molecule has 0 saturated heterocycles. The van der Waals surface area contributed by atoms with Crippen LogP contribution in [-0.4, -0.2) is 37.2 Å². The Kier molecular flexibility index (Phi) is 53.4. The van der Waals surface area contributed by atoms with E-state index in [1.54, 1.807) is 0 Å². The van der Waals surface area contributed by atoms with Crippen LogP contribution in [0.2, 0.25) is 0 Å². The molecule has 6 nitrogen and oxygen atoms in total. The molecule has 0 heterocycles. The van der Waals surface area contributed by atoms with Crippen LogP contribution in [0, 0.1) is 0 Å². The van der Waals surface area contributed by atoms with Crippen molar-refractivity contribution >= 4 is 17.9 Å². The second-order valence-corrected chi connectivity index (χ2v) is 18.8. The number of esters is 3. The molecule has 390 valence electrons. The first-order valence-corrected chi connectivity index (χ1v) is 28.6. The molecule has 6 heteroatoms. The molecule has 0 bridgehead atoms. The van der Waals surface area contributed by atoms with Gasteiger partial charge in [0.2, 0.25) is 0 Å². The van der Waals surface area contributed by atoms with Gasteiger partial charge < -0.3 is 14.2 Å². The molecule has 0 fully saturated rings. The van der Waals surface area contributed by atoms with E-state index in [4.69, 9.17) is 14.2 Å². The summed E-state index contributed by atoms with van der Waals surface area (Å²) in [6, 6.07) is 0. The molecule has 0 aliphatic carbocycles. The number of rotatable bonds is 51. The van der Waals surface area contributed by atoms with Crippen LogP contribution in [-0.2, 0) is 28.6 Å². The lowest BCUT2D eigenvalue weighted by atomic mass is 10.1. The lowest BCUT2D eigenvalue weighted by Crippen LogP contribution is -2.30. The van der Waals surface area contributed by atoms with Gasteiger partial charge in [-0.05, 0) is 96.3 Å². The van der Waals surface area contributed by atoms with Crippen molar-refractivity contribution < 1.29 is 28.6 Å². The lowest BCUT2D eigenvalue weighted by Gasteiger charge is -2.18. The molecule has 0 spiro atoms. The fourth-order valence-electron chi connectivity index (χ4n) is 7.85. The van der Waals surface area contributed by atoms with Gasteiger partial charge in [-0.2, -0.15) is 0 Å². The maximum absolute atomic E-state index is 12.8. The largest absolute Gasteiger partial charge is 0.462 e. The van der Waals surface area contributed by atoms with E-state index in [-0.39, 0.29) is 31.1 Å². The highest BCUT2D eigenvalue weighted by Crippen LogP contribution is 2.15. The summed E-state index contributed by atoms with van der Waals surface area (Å²) in [5, 5.41) is 0. The molecule has 0 aromatic carbocycles. The summed E-state index contributed by atoms with van der Waals surface area (Å²) in [5.74, 6) is -0.933. The zero-order valence-corrected chi connectivity index (χ0v) is 44.6. The summed E-state index contributed by atoms with van der Waals surface area (Å²) < 4.78 is 16.8. The van der Waals surface area contributed by atoms with E-state index < -0.39 is 6.10 Å². The third-order valence-electron chi connectivity index (χ3n) is 12.1. The quantitative estimate of drug-likeness (QED) is 0.0262. The van der Waals surface area contributed by atoms with E-state index in [1.807, 2.05) is 0 Å². The monoisotopic (exact) mass is 947 g/mol. The molecule has 1 atom stereocenters. The SMILES string of the molecule is CC/C=C\C/C=C\C/C=C\C/C=C\C/C=C\C/C=C\CCCCC(=O)OCC(COC(=O)CCCCCCCCCCCC)OC(=O)CCCCCCCCCCC/C=C\CCCCCCCC. The Morgan fingerprint density at radius 1 is 0.309 bits per heavy atom. The van der Waals surface area contributed by atoms with Gasteiger partial charge in [0, 0.05) is 19.3 Å². The van der Waals surface area contributed by atoms with Gasteiger partial charge in [-0.1, -0.05) is 241 Å². The number of ether oxygens (including phenoxy) is 3. The van der Waals surface area contributed by atoms with E-state index in [0.717, 1.165) is 96.3 Å². The van der Waals surface area contributed by atoms with Crippen molar-refractivity contribution in [2.24, 2.45) is 0 Å². The molecule has 1 unspecified atom stereocenters. The molecule has 0 amide bonds. The smallest absolute Gasteiger partial charge is 0.306 e. The Morgan fingerprint density at radius 3 is 0.941 bits per heavy atom. The van der Waals surface area contributed by atoms with Crippen LogP contribution in [0.3, 0.4) is 0 Å². The Labute approximate surface area is 420 Å². The number of hydrogen-bond donors (Lipinski definition) is 0. The molecule has 68 heavy (non-hydrogen) atoms. The van der Waals surface area contributed by atoms with Gasteiger partial charge in [0.05, 0.1) is 0 Å². The molecule has 0 saturated carbocycles. The maximum atomic E-state index is 12.8. The van der Waals surface area contributed by atoms with Gasteiger partial charge in [-0.15, -0.1) is 0 Å². The second kappa shape index (κ2) is 56.2. The van der Waals surface area contributed by atoms with E-state index >= 15 is 0 Å². The minimum absolute atomic E-state index is 0.0895. The van der Waals surface area contributed by atoms with Gasteiger partial charge in [-0.25, -0.2) is 0 Å². The highest BCUT2D eigenvalue weighted by Gasteiger charge is 2.19. The summed E-state index contributed by atoms with van der Waals surface area (Å²) in [6.07, 6.45) is 72.9. The van der Waals surface area contributed by atoms with Crippen LogP contribution >= 0.6 is 0 Å². The zero-order valence-electron chi connectivity index (χ0n) is 44.6. The minimum Gasteiger partial charge on any atom is -0.462 e. The zero-order chi connectivity index (χ0) is 49.3. The van der Waals surface area contributed by atoms with Gasteiger partial charge in [0.1, 0.15) is 13.2 Å². The topological polar surface area (TPSA) is 78.9 Å². The third kappa shape index (κ3) is 53.5. The second-order valence-electron chi connectivity index (χ2n) is 18.8. The van der Waals surface area contributed by atoms with E-state index in [1.165, 1.54) is 135 Å². The number of hydrogen-bond acceptors (Lipinski definition) is 6. The van der Waals surface area contributed by atoms with Crippen LogP contribution < -0.4 is 0 Å². The van der Waals surface area contributed by atoms with Crippen LogP contribution in [0.25, 0.3) is 0 Å². The molecule has 0 aromatic rings. The molecule has 0 aliphatic rings. The molecular weight excluding hydrogens is 841 g/mol. The van der Waals surface area contributed by atoms with Crippen LogP contribution in [0.5, 0.6) is 0 Å². The predicted octanol–water partition coefficient (Wildman–Crippen LogP) is 19.2.